The highest BCUT2D eigenvalue weighted by Gasteiger charge is 2.41. The first-order valence-corrected chi connectivity index (χ1v) is 4.99. The number of nitrogens with one attached hydrogen (secondary N) is 1. The number of anilines is 1. The molecule has 16 heavy (non-hydrogen) atoms. The summed E-state index contributed by atoms with van der Waals surface area (Å²) in [6, 6.07) is 1.03. The van der Waals surface area contributed by atoms with E-state index < -0.39 is 38.3 Å². The largest absolute Gasteiger partial charge is 0.421 e. The molecule has 0 bridgehead atoms. The molecule has 0 saturated carbocycles. The van der Waals surface area contributed by atoms with E-state index in [0.717, 1.165) is 6.07 Å². The monoisotopic (exact) mass is 255 g/mol. The fourth-order valence-electron chi connectivity index (χ4n) is 1.09. The fraction of sp³-hybridized carbons (Fsp3) is 0.167. The Bertz CT molecular complexity index is 566. The summed E-state index contributed by atoms with van der Waals surface area (Å²) in [5, 5.41) is 7.17. The van der Waals surface area contributed by atoms with Crippen LogP contribution in [0, 0.1) is 11.3 Å². The number of hydrogen-bond donors (Lipinski definition) is 3. The molecule has 0 saturated heterocycles. The molecule has 88 valence electrons. The number of halogens is 3. The average molecular weight is 255 g/mol. The lowest BCUT2D eigenvalue weighted by molar-refractivity contribution is -0.137. The van der Waals surface area contributed by atoms with Crippen molar-refractivity contribution in [1.82, 2.24) is 4.98 Å². The standard InChI is InChI=1S/C6H4F3N3O3S/c7-6(8,9)3-2(1-10)5(12-4(3)11)16(13,14)15/h12H,11H2,(H,13,14,15). The number of nitrogens with two attached hydrogens (primary N) is 1. The van der Waals surface area contributed by atoms with Gasteiger partial charge in [0.2, 0.25) is 0 Å². The maximum atomic E-state index is 12.4. The SMILES string of the molecule is N#Cc1c(S(=O)(=O)O)[nH]c(N)c1C(F)(F)F. The van der Waals surface area contributed by atoms with Gasteiger partial charge in [-0.3, -0.25) is 4.55 Å². The van der Waals surface area contributed by atoms with Crippen LogP contribution in [0.15, 0.2) is 5.03 Å². The van der Waals surface area contributed by atoms with Crippen LogP contribution in [0.2, 0.25) is 0 Å². The van der Waals surface area contributed by atoms with E-state index in [4.69, 9.17) is 15.5 Å². The Labute approximate surface area is 87.2 Å². The van der Waals surface area contributed by atoms with Crippen LogP contribution in [-0.2, 0) is 16.3 Å². The number of aromatic nitrogens is 1. The van der Waals surface area contributed by atoms with Crippen molar-refractivity contribution in [3.8, 4) is 6.07 Å². The molecule has 0 aliphatic heterocycles. The fourth-order valence-corrected chi connectivity index (χ4v) is 1.73. The number of nitrogens with zero attached hydrogens (tertiary/aromatic N) is 1. The van der Waals surface area contributed by atoms with Crippen molar-refractivity contribution in [2.45, 2.75) is 11.2 Å². The van der Waals surface area contributed by atoms with Crippen molar-refractivity contribution >= 4 is 15.9 Å². The zero-order valence-electron chi connectivity index (χ0n) is 7.33. The number of alkyl halides is 3. The van der Waals surface area contributed by atoms with Crippen LogP contribution < -0.4 is 5.73 Å². The summed E-state index contributed by atoms with van der Waals surface area (Å²) in [7, 11) is -4.97. The molecule has 0 aliphatic rings. The summed E-state index contributed by atoms with van der Waals surface area (Å²) in [5.41, 5.74) is 2.03. The van der Waals surface area contributed by atoms with Gasteiger partial charge in [-0.2, -0.15) is 26.9 Å². The zero-order chi connectivity index (χ0) is 12.7. The first kappa shape index (κ1) is 12.3. The third kappa shape index (κ3) is 1.95. The quantitative estimate of drug-likeness (QED) is 0.639. The van der Waals surface area contributed by atoms with Gasteiger partial charge in [-0.15, -0.1) is 0 Å². The molecule has 1 rings (SSSR count). The van der Waals surface area contributed by atoms with Gasteiger partial charge in [-0.25, -0.2) is 0 Å². The predicted octanol–water partition coefficient (Wildman–Crippen LogP) is 0.734. The van der Waals surface area contributed by atoms with Crippen molar-refractivity contribution in [1.29, 1.82) is 5.26 Å². The first-order valence-electron chi connectivity index (χ1n) is 3.55. The summed E-state index contributed by atoms with van der Waals surface area (Å²) >= 11 is 0. The third-order valence-corrected chi connectivity index (χ3v) is 2.47. The zero-order valence-corrected chi connectivity index (χ0v) is 8.15. The lowest BCUT2D eigenvalue weighted by Gasteiger charge is -2.04. The van der Waals surface area contributed by atoms with Crippen molar-refractivity contribution in [2.75, 3.05) is 5.73 Å². The van der Waals surface area contributed by atoms with E-state index >= 15 is 0 Å². The molecule has 0 unspecified atom stereocenters. The van der Waals surface area contributed by atoms with Crippen molar-refractivity contribution < 1.29 is 26.1 Å². The van der Waals surface area contributed by atoms with Crippen LogP contribution in [0.1, 0.15) is 11.1 Å². The summed E-state index contributed by atoms with van der Waals surface area (Å²) in [6.45, 7) is 0. The maximum absolute atomic E-state index is 12.4. The molecule has 0 fully saturated rings. The molecule has 1 heterocycles. The highest BCUT2D eigenvalue weighted by molar-refractivity contribution is 7.85. The third-order valence-electron chi connectivity index (χ3n) is 1.65. The Balaban J connectivity index is 3.70. The Morgan fingerprint density at radius 2 is 1.94 bits per heavy atom. The molecule has 10 heteroatoms. The van der Waals surface area contributed by atoms with E-state index in [2.05, 4.69) is 0 Å². The van der Waals surface area contributed by atoms with Gasteiger partial charge in [0.15, 0.2) is 5.03 Å². The molecular weight excluding hydrogens is 251 g/mol. The van der Waals surface area contributed by atoms with Crippen LogP contribution in [-0.4, -0.2) is 18.0 Å². The molecular formula is C6H4F3N3O3S. The minimum atomic E-state index is -4.99. The minimum absolute atomic E-state index is 1.03. The van der Waals surface area contributed by atoms with Crippen molar-refractivity contribution in [3.63, 3.8) is 0 Å². The second-order valence-corrected chi connectivity index (χ2v) is 4.06. The summed E-state index contributed by atoms with van der Waals surface area (Å²) in [6.07, 6.45) is -4.99. The second-order valence-electron chi connectivity index (χ2n) is 2.70. The van der Waals surface area contributed by atoms with E-state index in [1.165, 1.54) is 0 Å². The molecule has 0 amide bonds. The number of H-pyrrole nitrogens is 1. The van der Waals surface area contributed by atoms with E-state index in [0.29, 0.717) is 0 Å². The molecule has 0 atom stereocenters. The first-order chi connectivity index (χ1) is 7.09. The molecule has 4 N–H and O–H groups in total. The molecule has 0 aliphatic carbocycles. The molecule has 6 nitrogen and oxygen atoms in total. The molecule has 1 aromatic heterocycles. The van der Waals surface area contributed by atoms with Gasteiger partial charge in [0.25, 0.3) is 0 Å². The van der Waals surface area contributed by atoms with E-state index in [1.807, 2.05) is 0 Å². The van der Waals surface area contributed by atoms with Crippen LogP contribution in [0.3, 0.4) is 0 Å². The van der Waals surface area contributed by atoms with Crippen molar-refractivity contribution in [2.24, 2.45) is 0 Å². The number of hydrogen-bond acceptors (Lipinski definition) is 4. The summed E-state index contributed by atoms with van der Waals surface area (Å²) < 4.78 is 67.0. The van der Waals surface area contributed by atoms with Crippen LogP contribution in [0.25, 0.3) is 0 Å². The van der Waals surface area contributed by atoms with Crippen molar-refractivity contribution in [3.05, 3.63) is 11.1 Å². The molecule has 1 aromatic rings. The number of aromatic amines is 1. The van der Waals surface area contributed by atoms with Gasteiger partial charge in [-0.05, 0) is 0 Å². The van der Waals surface area contributed by atoms with Gasteiger partial charge < -0.3 is 10.7 Å². The molecule has 0 radical (unpaired) electrons. The van der Waals surface area contributed by atoms with Crippen LogP contribution in [0.4, 0.5) is 19.0 Å². The highest BCUT2D eigenvalue weighted by Crippen LogP contribution is 2.38. The Hall–Kier alpha value is -1.73. The van der Waals surface area contributed by atoms with E-state index in [1.54, 1.807) is 4.98 Å². The maximum Gasteiger partial charge on any atom is 0.421 e. The van der Waals surface area contributed by atoms with Gasteiger partial charge >= 0.3 is 16.3 Å². The molecule has 0 aromatic carbocycles. The summed E-state index contributed by atoms with van der Waals surface area (Å²) in [4.78, 5) is 1.61. The minimum Gasteiger partial charge on any atom is -0.385 e. The normalized spacial score (nSPS) is 12.4. The highest BCUT2D eigenvalue weighted by atomic mass is 32.2. The van der Waals surface area contributed by atoms with Gasteiger partial charge in [0.1, 0.15) is 23.0 Å². The van der Waals surface area contributed by atoms with Crippen LogP contribution in [0.5, 0.6) is 0 Å². The van der Waals surface area contributed by atoms with Gasteiger partial charge in [0, 0.05) is 0 Å². The topological polar surface area (TPSA) is 120 Å². The average Bonchev–Trinajstić information content (AvgIpc) is 2.40. The van der Waals surface area contributed by atoms with E-state index in [9.17, 15) is 21.6 Å². The number of nitriles is 1. The summed E-state index contributed by atoms with van der Waals surface area (Å²) in [5.74, 6) is -1.04. The van der Waals surface area contributed by atoms with Gasteiger partial charge in [-0.1, -0.05) is 0 Å². The number of rotatable bonds is 1. The second kappa shape index (κ2) is 3.39. The molecule has 0 spiro atoms. The van der Waals surface area contributed by atoms with Gasteiger partial charge in [0.05, 0.1) is 0 Å². The smallest absolute Gasteiger partial charge is 0.385 e. The van der Waals surface area contributed by atoms with Crippen LogP contribution >= 0.6 is 0 Å². The number of nitrogen functional groups attached to an aromatic ring is 1. The Kier molecular flexibility index (Phi) is 2.62. The Morgan fingerprint density at radius 1 is 1.44 bits per heavy atom. The lowest BCUT2D eigenvalue weighted by atomic mass is 10.2. The lowest BCUT2D eigenvalue weighted by Crippen LogP contribution is -2.09. The van der Waals surface area contributed by atoms with E-state index in [-0.39, 0.29) is 0 Å². The Morgan fingerprint density at radius 3 is 2.25 bits per heavy atom. The predicted molar refractivity (Wildman–Crippen MR) is 44.7 cm³/mol.